The molecule has 0 saturated carbocycles. The predicted octanol–water partition coefficient (Wildman–Crippen LogP) is 2.26. The van der Waals surface area contributed by atoms with Crippen molar-refractivity contribution in [3.63, 3.8) is 0 Å². The van der Waals surface area contributed by atoms with Crippen LogP contribution < -0.4 is 5.73 Å². The second kappa shape index (κ2) is 4.61. The molecule has 0 saturated heterocycles. The number of carbonyl (C=O) groups is 1. The van der Waals surface area contributed by atoms with Crippen LogP contribution in [0.4, 0.5) is 5.69 Å². The summed E-state index contributed by atoms with van der Waals surface area (Å²) >= 11 is 8.75. The first-order valence-corrected chi connectivity index (χ1v) is 5.02. The summed E-state index contributed by atoms with van der Waals surface area (Å²) in [6.45, 7) is 2.00. The van der Waals surface area contributed by atoms with Crippen molar-refractivity contribution < 1.29 is 9.53 Å². The molecule has 0 aromatic carbocycles. The quantitative estimate of drug-likeness (QED) is 0.666. The minimum absolute atomic E-state index is 0.189. The van der Waals surface area contributed by atoms with E-state index in [0.29, 0.717) is 4.60 Å². The van der Waals surface area contributed by atoms with Gasteiger partial charge >= 0.3 is 5.97 Å². The number of nitrogens with two attached hydrogens (primary N) is 1. The van der Waals surface area contributed by atoms with E-state index in [1.165, 1.54) is 6.07 Å². The fourth-order valence-electron chi connectivity index (χ4n) is 0.872. The predicted molar refractivity (Wildman–Crippen MR) is 57.3 cm³/mol. The summed E-state index contributed by atoms with van der Waals surface area (Å²) in [7, 11) is 0. The summed E-state index contributed by atoms with van der Waals surface area (Å²) in [6, 6.07) is 1.37. The largest absolute Gasteiger partial charge is 0.462 e. The van der Waals surface area contributed by atoms with Gasteiger partial charge in [0.05, 0.1) is 17.9 Å². The van der Waals surface area contributed by atoms with Gasteiger partial charge in [0, 0.05) is 0 Å². The van der Waals surface area contributed by atoms with Crippen LogP contribution in [-0.2, 0) is 4.74 Å². The molecule has 1 aromatic heterocycles. The van der Waals surface area contributed by atoms with Gasteiger partial charge in [0.1, 0.15) is 9.76 Å². The molecule has 0 unspecified atom stereocenters. The lowest BCUT2D eigenvalue weighted by Gasteiger charge is -2.06. The van der Waals surface area contributed by atoms with Crippen LogP contribution in [0.2, 0.25) is 5.15 Å². The Morgan fingerprint density at radius 1 is 1.79 bits per heavy atom. The van der Waals surface area contributed by atoms with E-state index in [4.69, 9.17) is 22.1 Å². The average molecular weight is 280 g/mol. The summed E-state index contributed by atoms with van der Waals surface area (Å²) in [5, 5.41) is 0.189. The number of nitrogens with zero attached hydrogens (tertiary/aromatic N) is 1. The highest BCUT2D eigenvalue weighted by atomic mass is 79.9. The van der Waals surface area contributed by atoms with E-state index in [9.17, 15) is 4.79 Å². The fourth-order valence-corrected chi connectivity index (χ4v) is 1.57. The maximum absolute atomic E-state index is 11.4. The Labute approximate surface area is 94.5 Å². The van der Waals surface area contributed by atoms with Crippen LogP contribution in [0.15, 0.2) is 10.7 Å². The van der Waals surface area contributed by atoms with Gasteiger partial charge in [-0.3, -0.25) is 0 Å². The van der Waals surface area contributed by atoms with Crippen LogP contribution in [0, 0.1) is 0 Å². The molecular formula is C8H8BrClN2O2. The second-order valence-corrected chi connectivity index (χ2v) is 3.56. The second-order valence-electron chi connectivity index (χ2n) is 2.42. The van der Waals surface area contributed by atoms with Gasteiger partial charge in [0.15, 0.2) is 0 Å². The van der Waals surface area contributed by atoms with Crippen LogP contribution in [0.25, 0.3) is 0 Å². The Balaban J connectivity index is 3.13. The van der Waals surface area contributed by atoms with Gasteiger partial charge in [0.25, 0.3) is 0 Å². The number of ether oxygens (including phenoxy) is 1. The molecule has 14 heavy (non-hydrogen) atoms. The van der Waals surface area contributed by atoms with E-state index < -0.39 is 5.97 Å². The van der Waals surface area contributed by atoms with Crippen molar-refractivity contribution in [2.24, 2.45) is 0 Å². The normalized spacial score (nSPS) is 9.93. The number of anilines is 1. The summed E-state index contributed by atoms with van der Waals surface area (Å²) < 4.78 is 5.13. The first kappa shape index (κ1) is 11.3. The lowest BCUT2D eigenvalue weighted by molar-refractivity contribution is 0.0527. The standard InChI is InChI=1S/C8H8BrClN2O2/c1-2-14-8(13)4-3-5(10)12-7(9)6(4)11/h3H,2,11H2,1H3. The summed E-state index contributed by atoms with van der Waals surface area (Å²) in [5.74, 6) is -0.505. The minimum Gasteiger partial charge on any atom is -0.462 e. The van der Waals surface area contributed by atoms with E-state index in [2.05, 4.69) is 20.9 Å². The maximum atomic E-state index is 11.4. The Morgan fingerprint density at radius 2 is 2.43 bits per heavy atom. The van der Waals surface area contributed by atoms with Gasteiger partial charge in [-0.15, -0.1) is 0 Å². The lowest BCUT2D eigenvalue weighted by atomic mass is 10.2. The van der Waals surface area contributed by atoms with Gasteiger partial charge in [-0.25, -0.2) is 9.78 Å². The molecule has 0 aliphatic carbocycles. The van der Waals surface area contributed by atoms with E-state index in [-0.39, 0.29) is 23.0 Å². The zero-order valence-electron chi connectivity index (χ0n) is 7.38. The molecule has 1 rings (SSSR count). The van der Waals surface area contributed by atoms with Crippen LogP contribution in [0.5, 0.6) is 0 Å². The van der Waals surface area contributed by atoms with Crippen LogP contribution in [0.3, 0.4) is 0 Å². The molecule has 76 valence electrons. The van der Waals surface area contributed by atoms with Crippen molar-refractivity contribution in [3.05, 3.63) is 21.4 Å². The third-order valence-electron chi connectivity index (χ3n) is 1.48. The topological polar surface area (TPSA) is 65.2 Å². The monoisotopic (exact) mass is 278 g/mol. The van der Waals surface area contributed by atoms with E-state index in [1.54, 1.807) is 6.92 Å². The Morgan fingerprint density at radius 3 is 3.00 bits per heavy atom. The summed E-state index contributed by atoms with van der Waals surface area (Å²) in [5.41, 5.74) is 6.06. The molecule has 2 N–H and O–H groups in total. The van der Waals surface area contributed by atoms with Crippen LogP contribution in [0.1, 0.15) is 17.3 Å². The van der Waals surface area contributed by atoms with Gasteiger partial charge in [-0.2, -0.15) is 0 Å². The molecule has 0 amide bonds. The first-order valence-electron chi connectivity index (χ1n) is 3.85. The van der Waals surface area contributed by atoms with Crippen molar-refractivity contribution in [1.82, 2.24) is 4.98 Å². The molecule has 4 nitrogen and oxygen atoms in total. The third-order valence-corrected chi connectivity index (χ3v) is 2.27. The summed E-state index contributed by atoms with van der Waals surface area (Å²) in [4.78, 5) is 15.2. The number of carbonyl (C=O) groups excluding carboxylic acids is 1. The highest BCUT2D eigenvalue weighted by Crippen LogP contribution is 2.24. The van der Waals surface area contributed by atoms with E-state index in [0.717, 1.165) is 0 Å². The van der Waals surface area contributed by atoms with Gasteiger partial charge in [-0.05, 0) is 28.9 Å². The van der Waals surface area contributed by atoms with Gasteiger partial charge in [0.2, 0.25) is 0 Å². The minimum atomic E-state index is -0.505. The van der Waals surface area contributed by atoms with Crippen molar-refractivity contribution in [1.29, 1.82) is 0 Å². The third kappa shape index (κ3) is 2.36. The zero-order valence-corrected chi connectivity index (χ0v) is 9.72. The van der Waals surface area contributed by atoms with Crippen molar-refractivity contribution in [2.75, 3.05) is 12.3 Å². The lowest BCUT2D eigenvalue weighted by Crippen LogP contribution is -2.09. The smallest absolute Gasteiger partial charge is 0.340 e. The number of hydrogen-bond donors (Lipinski definition) is 1. The Hall–Kier alpha value is -0.810. The molecule has 0 bridgehead atoms. The Bertz CT molecular complexity index is 371. The summed E-state index contributed by atoms with van der Waals surface area (Å²) in [6.07, 6.45) is 0. The SMILES string of the molecule is CCOC(=O)c1cc(Cl)nc(Br)c1N. The molecule has 0 aliphatic heterocycles. The zero-order chi connectivity index (χ0) is 10.7. The molecule has 1 aromatic rings. The van der Waals surface area contributed by atoms with Crippen molar-refractivity contribution >= 4 is 39.2 Å². The van der Waals surface area contributed by atoms with Crippen molar-refractivity contribution in [2.45, 2.75) is 6.92 Å². The molecule has 0 spiro atoms. The number of esters is 1. The molecule has 0 atom stereocenters. The molecular weight excluding hydrogens is 271 g/mol. The molecule has 6 heteroatoms. The maximum Gasteiger partial charge on any atom is 0.340 e. The first-order chi connectivity index (χ1) is 6.56. The highest BCUT2D eigenvalue weighted by Gasteiger charge is 2.15. The van der Waals surface area contributed by atoms with Crippen LogP contribution in [-0.4, -0.2) is 17.6 Å². The van der Waals surface area contributed by atoms with E-state index >= 15 is 0 Å². The number of pyridine rings is 1. The van der Waals surface area contributed by atoms with Gasteiger partial charge < -0.3 is 10.5 Å². The highest BCUT2D eigenvalue weighted by molar-refractivity contribution is 9.10. The van der Waals surface area contributed by atoms with Gasteiger partial charge in [-0.1, -0.05) is 11.6 Å². The fraction of sp³-hybridized carbons (Fsp3) is 0.250. The molecule has 1 heterocycles. The number of hydrogen-bond acceptors (Lipinski definition) is 4. The molecule has 0 aliphatic rings. The number of aromatic nitrogens is 1. The number of rotatable bonds is 2. The average Bonchev–Trinajstić information content (AvgIpc) is 2.11. The van der Waals surface area contributed by atoms with E-state index in [1.807, 2.05) is 0 Å². The molecule has 0 radical (unpaired) electrons. The molecule has 0 fully saturated rings. The Kier molecular flexibility index (Phi) is 3.71. The number of halogens is 2. The van der Waals surface area contributed by atoms with Crippen molar-refractivity contribution in [3.8, 4) is 0 Å². The number of nitrogen functional groups attached to an aromatic ring is 1. The van der Waals surface area contributed by atoms with Crippen LogP contribution >= 0.6 is 27.5 Å².